The van der Waals surface area contributed by atoms with Gasteiger partial charge < -0.3 is 20.3 Å². The van der Waals surface area contributed by atoms with E-state index in [4.69, 9.17) is 9.84 Å². The summed E-state index contributed by atoms with van der Waals surface area (Å²) in [5.74, 6) is 0.0190. The fourth-order valence-electron chi connectivity index (χ4n) is 4.27. The van der Waals surface area contributed by atoms with Gasteiger partial charge in [-0.1, -0.05) is 36.4 Å². The van der Waals surface area contributed by atoms with Crippen LogP contribution in [-0.4, -0.2) is 40.4 Å². The highest BCUT2D eigenvalue weighted by atomic mass is 32.1. The number of carbonyl (C=O) groups is 1. The fraction of sp³-hybridized carbons (Fsp3) is 0.214. The molecule has 2 aromatic carbocycles. The van der Waals surface area contributed by atoms with Crippen molar-refractivity contribution in [2.24, 2.45) is 0 Å². The first-order valence-electron chi connectivity index (χ1n) is 11.6. The fourth-order valence-corrected chi connectivity index (χ4v) is 5.13. The summed E-state index contributed by atoms with van der Waals surface area (Å²) < 4.78 is 6.21. The number of nitrogens with zero attached hydrogens (tertiary/aromatic N) is 1. The molecule has 178 valence electrons. The SMILES string of the molecule is O=C(O)c1ccc(-c2ccc(-c3ccc4c(c3)CC[C@H](CNC[C@H](O)c3cccnc3)O4)cc2)s1. The van der Waals surface area contributed by atoms with Gasteiger partial charge in [0, 0.05) is 35.9 Å². The number of nitrogens with one attached hydrogen (secondary N) is 1. The molecule has 2 atom stereocenters. The molecule has 0 saturated carbocycles. The molecule has 3 heterocycles. The first-order valence-corrected chi connectivity index (χ1v) is 12.4. The van der Waals surface area contributed by atoms with E-state index in [1.165, 1.54) is 16.9 Å². The van der Waals surface area contributed by atoms with Crippen molar-refractivity contribution in [3.05, 3.63) is 95.1 Å². The molecule has 0 radical (unpaired) electrons. The zero-order chi connectivity index (χ0) is 24.2. The number of aliphatic hydroxyl groups excluding tert-OH is 1. The number of carboxylic acid groups (broad SMARTS) is 1. The Kier molecular flexibility index (Phi) is 6.90. The summed E-state index contributed by atoms with van der Waals surface area (Å²) in [4.78, 5) is 16.5. The molecule has 0 unspecified atom stereocenters. The zero-order valence-corrected chi connectivity index (χ0v) is 19.9. The number of thiophene rings is 1. The lowest BCUT2D eigenvalue weighted by molar-refractivity contribution is 0.0702. The molecule has 2 aromatic heterocycles. The number of fused-ring (bicyclic) bond motifs is 1. The average Bonchev–Trinajstić information content (AvgIpc) is 3.40. The minimum atomic E-state index is -0.894. The number of benzene rings is 2. The summed E-state index contributed by atoms with van der Waals surface area (Å²) in [5.41, 5.74) is 5.25. The monoisotopic (exact) mass is 486 g/mol. The number of hydrogen-bond donors (Lipinski definition) is 3. The van der Waals surface area contributed by atoms with Crippen LogP contribution in [-0.2, 0) is 6.42 Å². The van der Waals surface area contributed by atoms with Crippen LogP contribution in [0.2, 0.25) is 0 Å². The van der Waals surface area contributed by atoms with Crippen molar-refractivity contribution in [3.8, 4) is 27.3 Å². The highest BCUT2D eigenvalue weighted by Gasteiger charge is 2.20. The van der Waals surface area contributed by atoms with Gasteiger partial charge in [0.1, 0.15) is 16.7 Å². The largest absolute Gasteiger partial charge is 0.489 e. The Bertz CT molecular complexity index is 1300. The molecule has 0 amide bonds. The summed E-state index contributed by atoms with van der Waals surface area (Å²) in [7, 11) is 0. The van der Waals surface area contributed by atoms with Crippen molar-refractivity contribution in [1.29, 1.82) is 0 Å². The molecule has 7 heteroatoms. The third-order valence-electron chi connectivity index (χ3n) is 6.19. The summed E-state index contributed by atoms with van der Waals surface area (Å²) in [6.45, 7) is 1.13. The van der Waals surface area contributed by atoms with Crippen LogP contribution in [0.25, 0.3) is 21.6 Å². The van der Waals surface area contributed by atoms with Gasteiger partial charge in [-0.05, 0) is 65.4 Å². The molecule has 1 aliphatic rings. The summed E-state index contributed by atoms with van der Waals surface area (Å²) >= 11 is 1.28. The third-order valence-corrected chi connectivity index (χ3v) is 7.31. The standard InChI is InChI=1S/C28H26N2O4S/c31-24(22-2-1-13-29-15-22)17-30-16-23-9-7-21-14-20(8-10-25(21)34-23)18-3-5-19(6-4-18)26-11-12-27(35-26)28(32)33/h1-6,8,10-15,23-24,30-31H,7,9,16-17H2,(H,32,33)/t23-,24+/m1/s1. The van der Waals surface area contributed by atoms with Crippen LogP contribution in [0.3, 0.4) is 0 Å². The van der Waals surface area contributed by atoms with Gasteiger partial charge in [-0.25, -0.2) is 4.79 Å². The number of aromatic carboxylic acids is 1. The molecule has 3 N–H and O–H groups in total. The molecule has 0 fully saturated rings. The van der Waals surface area contributed by atoms with E-state index in [9.17, 15) is 9.90 Å². The Morgan fingerprint density at radius 1 is 1.09 bits per heavy atom. The van der Waals surface area contributed by atoms with E-state index >= 15 is 0 Å². The Hall–Kier alpha value is -3.52. The summed E-state index contributed by atoms with van der Waals surface area (Å²) in [6.07, 6.45) is 4.70. The molecule has 1 aliphatic heterocycles. The van der Waals surface area contributed by atoms with E-state index in [1.54, 1.807) is 18.5 Å². The van der Waals surface area contributed by atoms with Crippen LogP contribution < -0.4 is 10.1 Å². The van der Waals surface area contributed by atoms with Crippen molar-refractivity contribution in [2.45, 2.75) is 25.0 Å². The van der Waals surface area contributed by atoms with Crippen LogP contribution >= 0.6 is 11.3 Å². The van der Waals surface area contributed by atoms with Gasteiger partial charge in [0.25, 0.3) is 0 Å². The molecule has 0 aliphatic carbocycles. The van der Waals surface area contributed by atoms with Gasteiger partial charge in [0.05, 0.1) is 6.10 Å². The van der Waals surface area contributed by atoms with E-state index in [-0.39, 0.29) is 6.10 Å². The van der Waals surface area contributed by atoms with E-state index in [0.717, 1.165) is 45.7 Å². The zero-order valence-electron chi connectivity index (χ0n) is 19.1. The Balaban J connectivity index is 1.19. The molecule has 4 aromatic rings. The van der Waals surface area contributed by atoms with Crippen LogP contribution in [0.5, 0.6) is 5.75 Å². The van der Waals surface area contributed by atoms with Crippen LogP contribution in [0.1, 0.15) is 33.3 Å². The number of aromatic nitrogens is 1. The highest BCUT2D eigenvalue weighted by molar-refractivity contribution is 7.17. The lowest BCUT2D eigenvalue weighted by atomic mass is 9.96. The van der Waals surface area contributed by atoms with E-state index in [1.807, 2.05) is 36.4 Å². The lowest BCUT2D eigenvalue weighted by Crippen LogP contribution is -2.36. The van der Waals surface area contributed by atoms with E-state index in [0.29, 0.717) is 18.0 Å². The van der Waals surface area contributed by atoms with Gasteiger partial charge in [0.15, 0.2) is 0 Å². The number of aryl methyl sites for hydroxylation is 1. The average molecular weight is 487 g/mol. The first kappa shape index (κ1) is 23.2. The number of rotatable bonds is 8. The lowest BCUT2D eigenvalue weighted by Gasteiger charge is -2.27. The Morgan fingerprint density at radius 3 is 2.63 bits per heavy atom. The molecule has 5 rings (SSSR count). The minimum Gasteiger partial charge on any atom is -0.489 e. The topological polar surface area (TPSA) is 91.7 Å². The van der Waals surface area contributed by atoms with Gasteiger partial charge >= 0.3 is 5.97 Å². The maximum Gasteiger partial charge on any atom is 0.345 e. The Labute approximate surface area is 207 Å². The third kappa shape index (κ3) is 5.43. The molecular formula is C28H26N2O4S. The minimum absolute atomic E-state index is 0.0650. The van der Waals surface area contributed by atoms with Gasteiger partial charge in [-0.15, -0.1) is 11.3 Å². The molecule has 0 spiro atoms. The van der Waals surface area contributed by atoms with Gasteiger partial charge in [0.2, 0.25) is 0 Å². The normalized spacial score (nSPS) is 15.7. The summed E-state index contributed by atoms with van der Waals surface area (Å²) in [6, 6.07) is 21.7. The smallest absolute Gasteiger partial charge is 0.345 e. The molecule has 35 heavy (non-hydrogen) atoms. The number of ether oxygens (including phenoxy) is 1. The van der Waals surface area contributed by atoms with Crippen molar-refractivity contribution in [2.75, 3.05) is 13.1 Å². The van der Waals surface area contributed by atoms with Crippen LogP contribution in [0.15, 0.2) is 79.1 Å². The second kappa shape index (κ2) is 10.4. The van der Waals surface area contributed by atoms with Crippen LogP contribution in [0, 0.1) is 0 Å². The van der Waals surface area contributed by atoms with E-state index in [2.05, 4.69) is 34.6 Å². The Morgan fingerprint density at radius 2 is 1.89 bits per heavy atom. The van der Waals surface area contributed by atoms with Crippen molar-refractivity contribution in [3.63, 3.8) is 0 Å². The molecule has 0 saturated heterocycles. The van der Waals surface area contributed by atoms with Crippen molar-refractivity contribution < 1.29 is 19.7 Å². The van der Waals surface area contributed by atoms with Crippen molar-refractivity contribution >= 4 is 17.3 Å². The number of pyridine rings is 1. The quantitative estimate of drug-likeness (QED) is 0.317. The molecular weight excluding hydrogens is 460 g/mol. The predicted molar refractivity (Wildman–Crippen MR) is 137 cm³/mol. The maximum atomic E-state index is 11.1. The van der Waals surface area contributed by atoms with E-state index < -0.39 is 12.1 Å². The number of carboxylic acids is 1. The molecule has 6 nitrogen and oxygen atoms in total. The number of aliphatic hydroxyl groups is 1. The predicted octanol–water partition coefficient (Wildman–Crippen LogP) is 5.19. The maximum absolute atomic E-state index is 11.1. The van der Waals surface area contributed by atoms with Crippen LogP contribution in [0.4, 0.5) is 0 Å². The second-order valence-corrected chi connectivity index (χ2v) is 9.69. The summed E-state index contributed by atoms with van der Waals surface area (Å²) in [5, 5.41) is 22.7. The number of hydrogen-bond acceptors (Lipinski definition) is 6. The second-order valence-electron chi connectivity index (χ2n) is 8.61. The van der Waals surface area contributed by atoms with Crippen molar-refractivity contribution in [1.82, 2.24) is 10.3 Å². The highest BCUT2D eigenvalue weighted by Crippen LogP contribution is 2.34. The van der Waals surface area contributed by atoms with Gasteiger partial charge in [-0.3, -0.25) is 4.98 Å². The van der Waals surface area contributed by atoms with Gasteiger partial charge in [-0.2, -0.15) is 0 Å². The molecule has 0 bridgehead atoms. The first-order chi connectivity index (χ1) is 17.1.